The van der Waals surface area contributed by atoms with Crippen molar-refractivity contribution in [2.24, 2.45) is 11.8 Å². The van der Waals surface area contributed by atoms with Gasteiger partial charge in [0.25, 0.3) is 6.43 Å². The molecule has 1 fully saturated rings. The molecule has 106 valence electrons. The van der Waals surface area contributed by atoms with Crippen molar-refractivity contribution in [2.45, 2.75) is 32.1 Å². The first-order valence-electron chi connectivity index (χ1n) is 6.32. The molecule has 2 atom stereocenters. The summed E-state index contributed by atoms with van der Waals surface area (Å²) in [6, 6.07) is 0. The highest BCUT2D eigenvalue weighted by molar-refractivity contribution is 6.18. The van der Waals surface area contributed by atoms with Gasteiger partial charge in [0.1, 0.15) is 6.61 Å². The van der Waals surface area contributed by atoms with E-state index in [0.717, 1.165) is 19.3 Å². The summed E-state index contributed by atoms with van der Waals surface area (Å²) in [5, 5.41) is 2.81. The Morgan fingerprint density at radius 2 is 2.11 bits per heavy atom. The second kappa shape index (κ2) is 8.64. The number of nitrogens with one attached hydrogen (secondary N) is 1. The minimum Gasteiger partial charge on any atom is -0.375 e. The number of ether oxygens (including phenoxy) is 1. The predicted octanol–water partition coefficient (Wildman–Crippen LogP) is 2.43. The highest BCUT2D eigenvalue weighted by atomic mass is 35.5. The summed E-state index contributed by atoms with van der Waals surface area (Å²) in [5.74, 6) is 1.43. The SMILES string of the molecule is O=C(CCOCC(F)F)NCC1CCCC1CCl. The molecular weight excluding hydrogens is 264 g/mol. The van der Waals surface area contributed by atoms with Gasteiger partial charge in [-0.1, -0.05) is 6.42 Å². The van der Waals surface area contributed by atoms with E-state index < -0.39 is 13.0 Å². The van der Waals surface area contributed by atoms with Crippen LogP contribution in [-0.2, 0) is 9.53 Å². The summed E-state index contributed by atoms with van der Waals surface area (Å²) in [4.78, 5) is 11.4. The Labute approximate surface area is 111 Å². The van der Waals surface area contributed by atoms with Crippen LogP contribution in [0.15, 0.2) is 0 Å². The first-order chi connectivity index (χ1) is 8.63. The van der Waals surface area contributed by atoms with Crippen LogP contribution in [0.1, 0.15) is 25.7 Å². The number of hydrogen-bond acceptors (Lipinski definition) is 2. The number of carbonyl (C=O) groups is 1. The van der Waals surface area contributed by atoms with Crippen molar-refractivity contribution in [1.82, 2.24) is 5.32 Å². The third-order valence-corrected chi connectivity index (χ3v) is 3.69. The summed E-state index contributed by atoms with van der Waals surface area (Å²) in [5.41, 5.74) is 0. The van der Waals surface area contributed by atoms with Gasteiger partial charge in [-0.15, -0.1) is 11.6 Å². The fourth-order valence-electron chi connectivity index (χ4n) is 2.26. The van der Waals surface area contributed by atoms with Crippen LogP contribution in [-0.4, -0.2) is 38.0 Å². The fraction of sp³-hybridized carbons (Fsp3) is 0.917. The molecular formula is C12H20ClF2NO2. The zero-order valence-corrected chi connectivity index (χ0v) is 11.1. The molecule has 1 aliphatic carbocycles. The number of amides is 1. The van der Waals surface area contributed by atoms with Crippen LogP contribution in [0.25, 0.3) is 0 Å². The molecule has 0 saturated heterocycles. The standard InChI is InChI=1S/C12H20ClF2NO2/c13-6-9-2-1-3-10(9)7-16-12(17)4-5-18-8-11(14)15/h9-11H,1-8H2,(H,16,17). The minimum absolute atomic E-state index is 0.0414. The largest absolute Gasteiger partial charge is 0.375 e. The summed E-state index contributed by atoms with van der Waals surface area (Å²) in [6.07, 6.45) is 1.04. The zero-order chi connectivity index (χ0) is 13.4. The highest BCUT2D eigenvalue weighted by Gasteiger charge is 2.26. The van der Waals surface area contributed by atoms with E-state index in [4.69, 9.17) is 11.6 Å². The van der Waals surface area contributed by atoms with Crippen molar-refractivity contribution in [3.05, 3.63) is 0 Å². The van der Waals surface area contributed by atoms with Crippen molar-refractivity contribution in [3.63, 3.8) is 0 Å². The summed E-state index contributed by atoms with van der Waals surface area (Å²) in [7, 11) is 0. The van der Waals surface area contributed by atoms with E-state index in [1.165, 1.54) is 0 Å². The van der Waals surface area contributed by atoms with Crippen LogP contribution in [0, 0.1) is 11.8 Å². The molecule has 0 aromatic carbocycles. The number of rotatable bonds is 8. The molecule has 0 aliphatic heterocycles. The Morgan fingerprint density at radius 1 is 1.39 bits per heavy atom. The molecule has 1 saturated carbocycles. The van der Waals surface area contributed by atoms with Crippen LogP contribution in [0.2, 0.25) is 0 Å². The topological polar surface area (TPSA) is 38.3 Å². The van der Waals surface area contributed by atoms with Crippen LogP contribution < -0.4 is 5.32 Å². The number of hydrogen-bond donors (Lipinski definition) is 1. The number of halogens is 3. The highest BCUT2D eigenvalue weighted by Crippen LogP contribution is 2.31. The smallest absolute Gasteiger partial charge is 0.261 e. The van der Waals surface area contributed by atoms with Gasteiger partial charge in [-0.3, -0.25) is 4.79 Å². The van der Waals surface area contributed by atoms with Gasteiger partial charge >= 0.3 is 0 Å². The molecule has 1 rings (SSSR count). The Balaban J connectivity index is 2.06. The summed E-state index contributed by atoms with van der Waals surface area (Å²) < 4.78 is 28.2. The molecule has 1 amide bonds. The monoisotopic (exact) mass is 283 g/mol. The van der Waals surface area contributed by atoms with Crippen molar-refractivity contribution in [1.29, 1.82) is 0 Å². The van der Waals surface area contributed by atoms with Gasteiger partial charge in [0, 0.05) is 18.8 Å². The quantitative estimate of drug-likeness (QED) is 0.549. The number of carbonyl (C=O) groups excluding carboxylic acids is 1. The third kappa shape index (κ3) is 5.96. The van der Waals surface area contributed by atoms with Crippen LogP contribution in [0.3, 0.4) is 0 Å². The lowest BCUT2D eigenvalue weighted by Crippen LogP contribution is -2.31. The van der Waals surface area contributed by atoms with E-state index in [1.807, 2.05) is 0 Å². The van der Waals surface area contributed by atoms with E-state index in [0.29, 0.717) is 24.3 Å². The molecule has 0 spiro atoms. The summed E-state index contributed by atoms with van der Waals surface area (Å²) >= 11 is 5.85. The van der Waals surface area contributed by atoms with Gasteiger partial charge in [0.15, 0.2) is 0 Å². The Bertz CT molecular complexity index is 254. The molecule has 18 heavy (non-hydrogen) atoms. The molecule has 0 heterocycles. The average molecular weight is 284 g/mol. The molecule has 1 N–H and O–H groups in total. The lowest BCUT2D eigenvalue weighted by Gasteiger charge is -2.17. The second-order valence-electron chi connectivity index (χ2n) is 4.63. The van der Waals surface area contributed by atoms with E-state index in [9.17, 15) is 13.6 Å². The normalized spacial score (nSPS) is 23.6. The van der Waals surface area contributed by atoms with E-state index in [1.54, 1.807) is 0 Å². The summed E-state index contributed by atoms with van der Waals surface area (Å²) in [6.45, 7) is 0.0646. The Kier molecular flexibility index (Phi) is 7.51. The molecule has 0 bridgehead atoms. The molecule has 0 aromatic rings. The van der Waals surface area contributed by atoms with Crippen molar-refractivity contribution < 1.29 is 18.3 Å². The maximum atomic E-state index is 11.8. The number of alkyl halides is 3. The average Bonchev–Trinajstić information content (AvgIpc) is 2.79. The molecule has 6 heteroatoms. The maximum absolute atomic E-state index is 11.8. The van der Waals surface area contributed by atoms with Crippen molar-refractivity contribution >= 4 is 17.5 Å². The molecule has 0 aromatic heterocycles. The molecule has 0 radical (unpaired) electrons. The van der Waals surface area contributed by atoms with Gasteiger partial charge in [-0.2, -0.15) is 0 Å². The predicted molar refractivity (Wildman–Crippen MR) is 66.0 cm³/mol. The first-order valence-corrected chi connectivity index (χ1v) is 6.85. The zero-order valence-electron chi connectivity index (χ0n) is 10.3. The van der Waals surface area contributed by atoms with Gasteiger partial charge in [-0.25, -0.2) is 8.78 Å². The van der Waals surface area contributed by atoms with E-state index >= 15 is 0 Å². The second-order valence-corrected chi connectivity index (χ2v) is 4.93. The Morgan fingerprint density at radius 3 is 2.78 bits per heavy atom. The van der Waals surface area contributed by atoms with Gasteiger partial charge < -0.3 is 10.1 Å². The van der Waals surface area contributed by atoms with E-state index in [-0.39, 0.29) is 18.9 Å². The van der Waals surface area contributed by atoms with Crippen LogP contribution in [0.5, 0.6) is 0 Å². The lowest BCUT2D eigenvalue weighted by atomic mass is 9.98. The van der Waals surface area contributed by atoms with E-state index in [2.05, 4.69) is 10.1 Å². The van der Waals surface area contributed by atoms with Crippen LogP contribution >= 0.6 is 11.6 Å². The van der Waals surface area contributed by atoms with Gasteiger partial charge in [0.2, 0.25) is 5.91 Å². The molecule has 1 aliphatic rings. The third-order valence-electron chi connectivity index (χ3n) is 3.29. The van der Waals surface area contributed by atoms with Crippen molar-refractivity contribution in [2.75, 3.05) is 25.6 Å². The van der Waals surface area contributed by atoms with Crippen molar-refractivity contribution in [3.8, 4) is 0 Å². The maximum Gasteiger partial charge on any atom is 0.261 e. The fourth-order valence-corrected chi connectivity index (χ4v) is 2.66. The molecule has 2 unspecified atom stereocenters. The lowest BCUT2D eigenvalue weighted by molar-refractivity contribution is -0.122. The first kappa shape index (κ1) is 15.6. The van der Waals surface area contributed by atoms with Gasteiger partial charge in [0.05, 0.1) is 6.61 Å². The minimum atomic E-state index is -2.48. The van der Waals surface area contributed by atoms with Crippen LogP contribution in [0.4, 0.5) is 8.78 Å². The Hall–Kier alpha value is -0.420. The molecule has 3 nitrogen and oxygen atoms in total. The van der Waals surface area contributed by atoms with Gasteiger partial charge in [-0.05, 0) is 24.7 Å².